The predicted molar refractivity (Wildman–Crippen MR) is 121 cm³/mol. The Balaban J connectivity index is 1.59. The third kappa shape index (κ3) is 3.89. The Morgan fingerprint density at radius 3 is 2.47 bits per heavy atom. The SMILES string of the molecule is O=C1CCN(c2nc(-c3cccc(O)c3)nc(N3CCc4ccccc4C3CO)n2)CC1. The summed E-state index contributed by atoms with van der Waals surface area (Å²) >= 11 is 0. The first-order chi connectivity index (χ1) is 15.6. The first-order valence-corrected chi connectivity index (χ1v) is 10.9. The lowest BCUT2D eigenvalue weighted by Gasteiger charge is -2.37. The highest BCUT2D eigenvalue weighted by Gasteiger charge is 2.30. The maximum Gasteiger partial charge on any atom is 0.231 e. The predicted octanol–water partition coefficient (Wildman–Crippen LogP) is 2.51. The van der Waals surface area contributed by atoms with Crippen molar-refractivity contribution in [2.24, 2.45) is 0 Å². The van der Waals surface area contributed by atoms with Crippen molar-refractivity contribution in [1.82, 2.24) is 15.0 Å². The second-order valence-electron chi connectivity index (χ2n) is 8.18. The maximum absolute atomic E-state index is 11.7. The second-order valence-corrected chi connectivity index (χ2v) is 8.18. The first kappa shape index (κ1) is 20.4. The lowest BCUT2D eigenvalue weighted by Crippen LogP contribution is -2.40. The van der Waals surface area contributed by atoms with Crippen LogP contribution in [0.15, 0.2) is 48.5 Å². The van der Waals surface area contributed by atoms with E-state index in [1.807, 2.05) is 34.1 Å². The van der Waals surface area contributed by atoms with Crippen molar-refractivity contribution in [3.8, 4) is 17.1 Å². The monoisotopic (exact) mass is 431 g/mol. The van der Waals surface area contributed by atoms with E-state index in [0.717, 1.165) is 12.0 Å². The molecule has 2 N–H and O–H groups in total. The minimum absolute atomic E-state index is 0.0578. The number of phenolic OH excluding ortho intramolecular Hbond substituents is 1. The average Bonchev–Trinajstić information content (AvgIpc) is 2.83. The minimum Gasteiger partial charge on any atom is -0.508 e. The smallest absolute Gasteiger partial charge is 0.231 e. The largest absolute Gasteiger partial charge is 0.508 e. The van der Waals surface area contributed by atoms with Gasteiger partial charge in [-0.3, -0.25) is 4.79 Å². The van der Waals surface area contributed by atoms with E-state index in [-0.39, 0.29) is 24.2 Å². The molecule has 1 saturated heterocycles. The van der Waals surface area contributed by atoms with Crippen molar-refractivity contribution in [2.75, 3.05) is 36.0 Å². The van der Waals surface area contributed by atoms with Gasteiger partial charge in [0.1, 0.15) is 11.5 Å². The summed E-state index contributed by atoms with van der Waals surface area (Å²) in [6.07, 6.45) is 1.77. The Morgan fingerprint density at radius 2 is 1.69 bits per heavy atom. The number of aromatic nitrogens is 3. The molecule has 1 fully saturated rings. The van der Waals surface area contributed by atoms with Crippen molar-refractivity contribution < 1.29 is 15.0 Å². The fraction of sp³-hybridized carbons (Fsp3) is 0.333. The number of carbonyl (C=O) groups excluding carboxylic acids is 1. The standard InChI is InChI=1S/C24H25N5O3/c30-15-21-20-7-2-1-4-16(20)8-13-29(21)24-26-22(17-5-3-6-19(32)14-17)25-23(27-24)28-11-9-18(31)10-12-28/h1-7,14,21,30,32H,8-13,15H2. The van der Waals surface area contributed by atoms with Crippen LogP contribution in [0.1, 0.15) is 30.0 Å². The van der Waals surface area contributed by atoms with E-state index in [1.165, 1.54) is 5.56 Å². The fourth-order valence-corrected chi connectivity index (χ4v) is 4.44. The van der Waals surface area contributed by atoms with Crippen LogP contribution >= 0.6 is 0 Å². The number of benzene rings is 2. The van der Waals surface area contributed by atoms with Gasteiger partial charge in [0.2, 0.25) is 11.9 Å². The Kier molecular flexibility index (Phi) is 5.45. The summed E-state index contributed by atoms with van der Waals surface area (Å²) in [5, 5.41) is 20.2. The molecule has 8 nitrogen and oxygen atoms in total. The Hall–Kier alpha value is -3.52. The molecule has 3 heterocycles. The van der Waals surface area contributed by atoms with E-state index in [4.69, 9.17) is 9.97 Å². The van der Waals surface area contributed by atoms with Gasteiger partial charge in [-0.05, 0) is 29.7 Å². The normalized spacial score (nSPS) is 18.5. The number of aromatic hydroxyl groups is 1. The minimum atomic E-state index is -0.254. The van der Waals surface area contributed by atoms with E-state index in [0.29, 0.717) is 55.8 Å². The van der Waals surface area contributed by atoms with Crippen molar-refractivity contribution in [1.29, 1.82) is 0 Å². The number of aliphatic hydroxyl groups excluding tert-OH is 1. The topological polar surface area (TPSA) is 103 Å². The number of anilines is 2. The van der Waals surface area contributed by atoms with Gasteiger partial charge < -0.3 is 20.0 Å². The molecule has 3 aromatic rings. The summed E-state index contributed by atoms with van der Waals surface area (Å²) in [5.74, 6) is 1.83. The van der Waals surface area contributed by atoms with Gasteiger partial charge in [-0.15, -0.1) is 0 Å². The van der Waals surface area contributed by atoms with Gasteiger partial charge in [-0.2, -0.15) is 15.0 Å². The molecule has 0 radical (unpaired) electrons. The molecule has 164 valence electrons. The molecule has 2 aliphatic heterocycles. The summed E-state index contributed by atoms with van der Waals surface area (Å²) in [6, 6.07) is 14.7. The molecule has 32 heavy (non-hydrogen) atoms. The number of rotatable bonds is 4. The van der Waals surface area contributed by atoms with Gasteiger partial charge in [-0.1, -0.05) is 36.4 Å². The van der Waals surface area contributed by atoms with Gasteiger partial charge in [0.25, 0.3) is 0 Å². The zero-order valence-corrected chi connectivity index (χ0v) is 17.7. The highest BCUT2D eigenvalue weighted by atomic mass is 16.3. The molecular formula is C24H25N5O3. The van der Waals surface area contributed by atoms with Gasteiger partial charge in [-0.25, -0.2) is 0 Å². The van der Waals surface area contributed by atoms with Crippen LogP contribution in [0.3, 0.4) is 0 Å². The lowest BCUT2D eigenvalue weighted by atomic mass is 9.93. The zero-order valence-electron chi connectivity index (χ0n) is 17.7. The van der Waals surface area contributed by atoms with Crippen LogP contribution in [-0.4, -0.2) is 57.2 Å². The summed E-state index contributed by atoms with van der Waals surface area (Å²) in [7, 11) is 0. The van der Waals surface area contributed by atoms with E-state index in [1.54, 1.807) is 18.2 Å². The highest BCUT2D eigenvalue weighted by molar-refractivity contribution is 5.80. The molecule has 0 saturated carbocycles. The molecule has 8 heteroatoms. The number of fused-ring (bicyclic) bond motifs is 1. The third-order valence-corrected chi connectivity index (χ3v) is 6.16. The number of hydrogen-bond acceptors (Lipinski definition) is 8. The van der Waals surface area contributed by atoms with E-state index in [2.05, 4.69) is 11.1 Å². The number of nitrogens with zero attached hydrogens (tertiary/aromatic N) is 5. The number of piperidine rings is 1. The third-order valence-electron chi connectivity index (χ3n) is 6.16. The number of carbonyl (C=O) groups is 1. The molecule has 0 aliphatic carbocycles. The summed E-state index contributed by atoms with van der Waals surface area (Å²) in [4.78, 5) is 29.9. The van der Waals surface area contributed by atoms with Crippen molar-refractivity contribution in [3.05, 3.63) is 59.7 Å². The Bertz CT molecular complexity index is 1140. The lowest BCUT2D eigenvalue weighted by molar-refractivity contribution is -0.119. The summed E-state index contributed by atoms with van der Waals surface area (Å²) in [6.45, 7) is 1.74. The molecule has 2 aromatic carbocycles. The number of aliphatic hydroxyl groups is 1. The van der Waals surface area contributed by atoms with Gasteiger partial charge in [0, 0.05) is 38.0 Å². The number of ketones is 1. The molecule has 5 rings (SSSR count). The van der Waals surface area contributed by atoms with Crippen LogP contribution in [0.2, 0.25) is 0 Å². The number of hydrogen-bond donors (Lipinski definition) is 2. The summed E-state index contributed by atoms with van der Waals surface area (Å²) in [5.41, 5.74) is 2.98. The van der Waals surface area contributed by atoms with Crippen molar-refractivity contribution in [2.45, 2.75) is 25.3 Å². The maximum atomic E-state index is 11.7. The molecule has 0 bridgehead atoms. The molecule has 0 spiro atoms. The van der Waals surface area contributed by atoms with Gasteiger partial charge in [0.05, 0.1) is 12.6 Å². The van der Waals surface area contributed by atoms with Crippen molar-refractivity contribution in [3.63, 3.8) is 0 Å². The van der Waals surface area contributed by atoms with Crippen LogP contribution in [0, 0.1) is 0 Å². The van der Waals surface area contributed by atoms with Crippen LogP contribution in [0.25, 0.3) is 11.4 Å². The quantitative estimate of drug-likeness (QED) is 0.650. The molecule has 0 amide bonds. The average molecular weight is 431 g/mol. The van der Waals surface area contributed by atoms with Gasteiger partial charge >= 0.3 is 0 Å². The first-order valence-electron chi connectivity index (χ1n) is 10.9. The Labute approximate surface area is 186 Å². The summed E-state index contributed by atoms with van der Waals surface area (Å²) < 4.78 is 0. The fourth-order valence-electron chi connectivity index (χ4n) is 4.44. The van der Waals surface area contributed by atoms with E-state index in [9.17, 15) is 15.0 Å². The molecule has 1 atom stereocenters. The van der Waals surface area contributed by atoms with Crippen LogP contribution in [0.4, 0.5) is 11.9 Å². The molecule has 2 aliphatic rings. The van der Waals surface area contributed by atoms with Crippen molar-refractivity contribution >= 4 is 17.7 Å². The zero-order chi connectivity index (χ0) is 22.1. The van der Waals surface area contributed by atoms with E-state index >= 15 is 0 Å². The molecule has 1 unspecified atom stereocenters. The Morgan fingerprint density at radius 1 is 0.906 bits per heavy atom. The van der Waals surface area contributed by atoms with Crippen LogP contribution < -0.4 is 9.80 Å². The second kappa shape index (κ2) is 8.55. The molecular weight excluding hydrogens is 406 g/mol. The van der Waals surface area contributed by atoms with Gasteiger partial charge in [0.15, 0.2) is 5.82 Å². The van der Waals surface area contributed by atoms with Crippen LogP contribution in [-0.2, 0) is 11.2 Å². The highest BCUT2D eigenvalue weighted by Crippen LogP contribution is 2.33. The number of phenols is 1. The van der Waals surface area contributed by atoms with Crippen LogP contribution in [0.5, 0.6) is 5.75 Å². The number of Topliss-reactive ketones (excluding diaryl/α,β-unsaturated/α-hetero) is 1. The van der Waals surface area contributed by atoms with E-state index < -0.39 is 0 Å². The molecule has 1 aromatic heterocycles.